The van der Waals surface area contributed by atoms with E-state index < -0.39 is 6.09 Å². The molecule has 0 bridgehead atoms. The fourth-order valence-corrected chi connectivity index (χ4v) is 2.84. The van der Waals surface area contributed by atoms with Crippen LogP contribution in [0.4, 0.5) is 15.1 Å². The van der Waals surface area contributed by atoms with Crippen molar-refractivity contribution >= 4 is 27.7 Å². The van der Waals surface area contributed by atoms with Crippen LogP contribution in [0.15, 0.2) is 0 Å². The monoisotopic (exact) mass is 257 g/mol. The first-order valence-electron chi connectivity index (χ1n) is 5.34. The van der Waals surface area contributed by atoms with Crippen molar-refractivity contribution in [3.63, 3.8) is 0 Å². The van der Waals surface area contributed by atoms with Crippen LogP contribution in [0.5, 0.6) is 0 Å². The standard InChI is InChI=1S/C9H15N5O2S/c1-5-3-13(8-12-11-7(10)17-8)4-6(2)14(5)9(15)16/h5-6H,3-4H2,1-2H3,(H2,10,11)(H,15,16)/t5-,6+. The molecule has 7 nitrogen and oxygen atoms in total. The summed E-state index contributed by atoms with van der Waals surface area (Å²) in [4.78, 5) is 14.6. The van der Waals surface area contributed by atoms with Gasteiger partial charge in [0.1, 0.15) is 0 Å². The number of piperazine rings is 1. The van der Waals surface area contributed by atoms with Gasteiger partial charge in [0.15, 0.2) is 0 Å². The summed E-state index contributed by atoms with van der Waals surface area (Å²) >= 11 is 1.32. The van der Waals surface area contributed by atoms with Crippen LogP contribution in [0.25, 0.3) is 0 Å². The van der Waals surface area contributed by atoms with Crippen LogP contribution in [-0.2, 0) is 0 Å². The normalized spacial score (nSPS) is 25.1. The van der Waals surface area contributed by atoms with Crippen molar-refractivity contribution in [3.8, 4) is 0 Å². The average molecular weight is 257 g/mol. The van der Waals surface area contributed by atoms with Crippen LogP contribution in [0.3, 0.4) is 0 Å². The highest BCUT2D eigenvalue weighted by atomic mass is 32.1. The molecule has 0 aromatic carbocycles. The number of carboxylic acid groups (broad SMARTS) is 1. The molecule has 0 spiro atoms. The van der Waals surface area contributed by atoms with Crippen molar-refractivity contribution in [2.45, 2.75) is 25.9 Å². The maximum atomic E-state index is 11.1. The second-order valence-electron chi connectivity index (χ2n) is 4.22. The Balaban J connectivity index is 2.13. The van der Waals surface area contributed by atoms with Gasteiger partial charge in [-0.15, -0.1) is 10.2 Å². The van der Waals surface area contributed by atoms with Gasteiger partial charge in [0.05, 0.1) is 12.1 Å². The zero-order valence-electron chi connectivity index (χ0n) is 9.70. The number of nitrogens with zero attached hydrogens (tertiary/aromatic N) is 4. The maximum absolute atomic E-state index is 11.1. The van der Waals surface area contributed by atoms with E-state index in [1.807, 2.05) is 18.7 Å². The first-order chi connectivity index (χ1) is 7.99. The first-order valence-corrected chi connectivity index (χ1v) is 6.16. The molecule has 2 atom stereocenters. The lowest BCUT2D eigenvalue weighted by Crippen LogP contribution is -2.58. The van der Waals surface area contributed by atoms with Crippen LogP contribution >= 0.6 is 11.3 Å². The van der Waals surface area contributed by atoms with E-state index in [1.165, 1.54) is 16.2 Å². The molecule has 94 valence electrons. The molecule has 0 unspecified atom stereocenters. The zero-order chi connectivity index (χ0) is 12.6. The molecular weight excluding hydrogens is 242 g/mol. The second-order valence-corrected chi connectivity index (χ2v) is 5.20. The van der Waals surface area contributed by atoms with Gasteiger partial charge in [0.2, 0.25) is 10.3 Å². The molecule has 1 amide bonds. The largest absolute Gasteiger partial charge is 0.465 e. The minimum absolute atomic E-state index is 0.0682. The van der Waals surface area contributed by atoms with Crippen molar-refractivity contribution in [2.24, 2.45) is 0 Å². The minimum atomic E-state index is -0.874. The Bertz CT molecular complexity index is 411. The highest BCUT2D eigenvalue weighted by molar-refractivity contribution is 7.18. The molecule has 0 saturated carbocycles. The van der Waals surface area contributed by atoms with Gasteiger partial charge in [-0.1, -0.05) is 11.3 Å². The molecule has 17 heavy (non-hydrogen) atoms. The molecule has 1 aromatic heterocycles. The predicted octanol–water partition coefficient (Wildman–Crippen LogP) is 0.697. The number of aromatic nitrogens is 2. The van der Waals surface area contributed by atoms with Crippen LogP contribution < -0.4 is 10.6 Å². The van der Waals surface area contributed by atoms with Crippen molar-refractivity contribution in [2.75, 3.05) is 23.7 Å². The summed E-state index contributed by atoms with van der Waals surface area (Å²) in [5.41, 5.74) is 5.54. The third kappa shape index (κ3) is 2.26. The third-order valence-electron chi connectivity index (χ3n) is 2.84. The van der Waals surface area contributed by atoms with E-state index in [9.17, 15) is 4.79 Å². The average Bonchev–Trinajstić information content (AvgIpc) is 2.63. The van der Waals surface area contributed by atoms with Gasteiger partial charge in [-0.2, -0.15) is 0 Å². The highest BCUT2D eigenvalue weighted by Crippen LogP contribution is 2.26. The summed E-state index contributed by atoms with van der Waals surface area (Å²) in [6.45, 7) is 5.01. The van der Waals surface area contributed by atoms with Crippen molar-refractivity contribution in [1.29, 1.82) is 0 Å². The van der Waals surface area contributed by atoms with E-state index in [0.717, 1.165) is 5.13 Å². The summed E-state index contributed by atoms with van der Waals surface area (Å²) in [5, 5.41) is 18.0. The third-order valence-corrected chi connectivity index (χ3v) is 3.65. The number of nitrogens with two attached hydrogens (primary N) is 1. The SMILES string of the molecule is C[C@@H]1CN(c2nnc(N)s2)C[C@H](C)N1C(=O)O. The highest BCUT2D eigenvalue weighted by Gasteiger charge is 2.33. The zero-order valence-corrected chi connectivity index (χ0v) is 10.5. The van der Waals surface area contributed by atoms with Gasteiger partial charge in [-0.25, -0.2) is 4.79 Å². The van der Waals surface area contributed by atoms with Gasteiger partial charge in [-0.3, -0.25) is 4.90 Å². The summed E-state index contributed by atoms with van der Waals surface area (Å²) in [6, 6.07) is -0.136. The van der Waals surface area contributed by atoms with Crippen LogP contribution in [-0.4, -0.2) is 51.5 Å². The molecule has 1 aliphatic heterocycles. The topological polar surface area (TPSA) is 95.6 Å². The molecular formula is C9H15N5O2S. The Morgan fingerprint density at radius 1 is 1.41 bits per heavy atom. The number of nitrogen functional groups attached to an aromatic ring is 1. The van der Waals surface area contributed by atoms with E-state index in [2.05, 4.69) is 10.2 Å². The number of amides is 1. The van der Waals surface area contributed by atoms with E-state index in [-0.39, 0.29) is 12.1 Å². The van der Waals surface area contributed by atoms with Gasteiger partial charge in [0.25, 0.3) is 0 Å². The van der Waals surface area contributed by atoms with Crippen molar-refractivity contribution in [3.05, 3.63) is 0 Å². The predicted molar refractivity (Wildman–Crippen MR) is 65.3 cm³/mol. The Morgan fingerprint density at radius 3 is 2.41 bits per heavy atom. The molecule has 2 heterocycles. The Hall–Kier alpha value is -1.57. The van der Waals surface area contributed by atoms with Crippen LogP contribution in [0.2, 0.25) is 0 Å². The lowest BCUT2D eigenvalue weighted by atomic mass is 10.1. The van der Waals surface area contributed by atoms with E-state index in [0.29, 0.717) is 18.2 Å². The molecule has 1 saturated heterocycles. The van der Waals surface area contributed by atoms with Gasteiger partial charge in [0, 0.05) is 13.1 Å². The summed E-state index contributed by atoms with van der Waals surface area (Å²) in [5.74, 6) is 0. The van der Waals surface area contributed by atoms with E-state index in [4.69, 9.17) is 10.8 Å². The first kappa shape index (κ1) is 11.9. The number of carbonyl (C=O) groups is 1. The summed E-state index contributed by atoms with van der Waals surface area (Å²) in [6.07, 6.45) is -0.874. The number of rotatable bonds is 1. The number of hydrogen-bond donors (Lipinski definition) is 2. The van der Waals surface area contributed by atoms with E-state index >= 15 is 0 Å². The molecule has 8 heteroatoms. The smallest absolute Gasteiger partial charge is 0.407 e. The van der Waals surface area contributed by atoms with Crippen LogP contribution in [0, 0.1) is 0 Å². The molecule has 2 rings (SSSR count). The molecule has 1 fully saturated rings. The maximum Gasteiger partial charge on any atom is 0.407 e. The summed E-state index contributed by atoms with van der Waals surface area (Å²) in [7, 11) is 0. The molecule has 3 N–H and O–H groups in total. The minimum Gasteiger partial charge on any atom is -0.465 e. The second kappa shape index (κ2) is 4.36. The molecule has 0 radical (unpaired) electrons. The fourth-order valence-electron chi connectivity index (χ4n) is 2.21. The lowest BCUT2D eigenvalue weighted by Gasteiger charge is -2.42. The van der Waals surface area contributed by atoms with E-state index in [1.54, 1.807) is 0 Å². The number of hydrogen-bond acceptors (Lipinski definition) is 6. The lowest BCUT2D eigenvalue weighted by molar-refractivity contribution is 0.0982. The van der Waals surface area contributed by atoms with Crippen LogP contribution in [0.1, 0.15) is 13.8 Å². The van der Waals surface area contributed by atoms with Crippen molar-refractivity contribution < 1.29 is 9.90 Å². The quantitative estimate of drug-likeness (QED) is 0.768. The summed E-state index contributed by atoms with van der Waals surface area (Å²) < 4.78 is 0. The van der Waals surface area contributed by atoms with Gasteiger partial charge < -0.3 is 15.7 Å². The molecule has 1 aromatic rings. The van der Waals surface area contributed by atoms with Gasteiger partial charge >= 0.3 is 6.09 Å². The Kier molecular flexibility index (Phi) is 3.05. The van der Waals surface area contributed by atoms with Crippen molar-refractivity contribution in [1.82, 2.24) is 15.1 Å². The fraction of sp³-hybridized carbons (Fsp3) is 0.667. The Morgan fingerprint density at radius 2 is 2.00 bits per heavy atom. The molecule has 1 aliphatic rings. The number of anilines is 2. The Labute approximate surface area is 103 Å². The molecule has 0 aliphatic carbocycles. The van der Waals surface area contributed by atoms with Gasteiger partial charge in [-0.05, 0) is 13.8 Å².